The van der Waals surface area contributed by atoms with Gasteiger partial charge in [0.25, 0.3) is 0 Å². The van der Waals surface area contributed by atoms with Gasteiger partial charge in [-0.25, -0.2) is 4.79 Å². The van der Waals surface area contributed by atoms with Crippen LogP contribution in [0.2, 0.25) is 20.1 Å². The van der Waals surface area contributed by atoms with Crippen molar-refractivity contribution in [3.05, 3.63) is 174 Å². The summed E-state index contributed by atoms with van der Waals surface area (Å²) < 4.78 is 17.8. The Hall–Kier alpha value is -4.27. The molecule has 56 heavy (non-hydrogen) atoms. The predicted molar refractivity (Wildman–Crippen MR) is 227 cm³/mol. The van der Waals surface area contributed by atoms with Gasteiger partial charge in [-0.15, -0.1) is 0 Å². The van der Waals surface area contributed by atoms with Crippen molar-refractivity contribution in [2.24, 2.45) is 0 Å². The number of methoxy groups -OCH3 is 2. The Morgan fingerprint density at radius 2 is 1.09 bits per heavy atom. The number of hydrogen-bond donors (Lipinski definition) is 2. The highest BCUT2D eigenvalue weighted by Gasteiger charge is 2.48. The summed E-state index contributed by atoms with van der Waals surface area (Å²) in [6.45, 7) is 3.54. The lowest BCUT2D eigenvalue weighted by molar-refractivity contribution is 0.0300. The molecule has 286 valence electrons. The maximum Gasteiger partial charge on any atom is 0.341 e. The van der Waals surface area contributed by atoms with Crippen LogP contribution in [0.5, 0.6) is 11.5 Å². The molecule has 10 heteroatoms. The number of cyclic esters (lactones) is 1. The molecule has 2 unspecified atom stereocenters. The minimum Gasteiger partial charge on any atom is -0.497 e. The number of fused-ring (bicyclic) bond motifs is 1. The van der Waals surface area contributed by atoms with Crippen LogP contribution in [0.25, 0.3) is 11.1 Å². The van der Waals surface area contributed by atoms with E-state index in [0.717, 1.165) is 72.4 Å². The predicted octanol–water partition coefficient (Wildman–Crippen LogP) is 11.1. The number of esters is 1. The van der Waals surface area contributed by atoms with E-state index in [4.69, 9.17) is 60.6 Å². The average Bonchev–Trinajstić information content (AvgIpc) is 4.03. The molecule has 0 amide bonds. The van der Waals surface area contributed by atoms with Crippen molar-refractivity contribution in [3.63, 3.8) is 0 Å². The van der Waals surface area contributed by atoms with E-state index in [0.29, 0.717) is 17.1 Å². The topological polar surface area (TPSA) is 68.8 Å². The summed E-state index contributed by atoms with van der Waals surface area (Å²) in [5.41, 5.74) is 6.52. The van der Waals surface area contributed by atoms with Crippen LogP contribution in [0.3, 0.4) is 0 Å². The highest BCUT2D eigenvalue weighted by molar-refractivity contribution is 6.53. The van der Waals surface area contributed by atoms with Gasteiger partial charge < -0.3 is 24.8 Å². The summed E-state index contributed by atoms with van der Waals surface area (Å²) in [6.07, 6.45) is 5.96. The monoisotopic (exact) mass is 824 g/mol. The molecule has 0 bridgehead atoms. The van der Waals surface area contributed by atoms with Gasteiger partial charge in [0.05, 0.1) is 39.9 Å². The maximum absolute atomic E-state index is 14.4. The summed E-state index contributed by atoms with van der Waals surface area (Å²) in [7, 11) is 3.29. The second kappa shape index (κ2) is 16.3. The number of rotatable bonds is 10. The van der Waals surface area contributed by atoms with Crippen molar-refractivity contribution in [3.8, 4) is 11.5 Å². The van der Waals surface area contributed by atoms with Gasteiger partial charge in [-0.3, -0.25) is 0 Å². The van der Waals surface area contributed by atoms with Crippen LogP contribution in [-0.4, -0.2) is 46.4 Å². The van der Waals surface area contributed by atoms with Gasteiger partial charge in [0.15, 0.2) is 5.60 Å². The molecule has 0 saturated carbocycles. The molecular weight excluding hydrogens is 786 g/mol. The van der Waals surface area contributed by atoms with Crippen molar-refractivity contribution < 1.29 is 19.0 Å². The summed E-state index contributed by atoms with van der Waals surface area (Å²) >= 11 is 27.7. The molecule has 5 aromatic rings. The second-order valence-electron chi connectivity index (χ2n) is 14.3. The molecule has 5 aromatic carbocycles. The summed E-state index contributed by atoms with van der Waals surface area (Å²) in [5.74, 6) is 1.30. The number of halogens is 4. The van der Waals surface area contributed by atoms with Crippen molar-refractivity contribution >= 4 is 63.5 Å². The zero-order chi connectivity index (χ0) is 39.0. The van der Waals surface area contributed by atoms with E-state index in [9.17, 15) is 4.79 Å². The van der Waals surface area contributed by atoms with Crippen LogP contribution in [0.1, 0.15) is 74.0 Å². The minimum atomic E-state index is -1.63. The molecule has 2 saturated heterocycles. The van der Waals surface area contributed by atoms with Crippen molar-refractivity contribution in [1.82, 2.24) is 10.6 Å². The highest BCUT2D eigenvalue weighted by atomic mass is 35.5. The third-order valence-corrected chi connectivity index (χ3v) is 12.9. The lowest BCUT2D eigenvalue weighted by atomic mass is 9.80. The number of benzene rings is 5. The molecule has 6 nitrogen and oxygen atoms in total. The first kappa shape index (κ1) is 38.6. The number of nitrogens with one attached hydrogen (secondary N) is 2. The number of carbonyl (C=O) groups excluding carboxylic acids is 1. The second-order valence-corrected chi connectivity index (χ2v) is 15.8. The highest BCUT2D eigenvalue weighted by Crippen LogP contribution is 2.54. The van der Waals surface area contributed by atoms with Crippen LogP contribution in [0, 0.1) is 0 Å². The zero-order valence-corrected chi connectivity index (χ0v) is 34.0. The van der Waals surface area contributed by atoms with Crippen LogP contribution >= 0.6 is 46.4 Å². The molecule has 2 atom stereocenters. The van der Waals surface area contributed by atoms with Crippen LogP contribution in [0.15, 0.2) is 109 Å². The Balaban J connectivity index is 1.49. The Morgan fingerprint density at radius 1 is 0.643 bits per heavy atom. The van der Waals surface area contributed by atoms with E-state index in [-0.39, 0.29) is 37.5 Å². The van der Waals surface area contributed by atoms with E-state index in [1.807, 2.05) is 72.8 Å². The Labute approximate surface area is 347 Å². The molecule has 3 heterocycles. The van der Waals surface area contributed by atoms with Gasteiger partial charge in [0.2, 0.25) is 0 Å². The smallest absolute Gasteiger partial charge is 0.341 e. The first-order valence-electron chi connectivity index (χ1n) is 18.7. The third kappa shape index (κ3) is 7.13. The van der Waals surface area contributed by atoms with Crippen LogP contribution in [-0.2, 0) is 10.3 Å². The fourth-order valence-corrected chi connectivity index (χ4v) is 9.41. The van der Waals surface area contributed by atoms with Crippen molar-refractivity contribution in [1.29, 1.82) is 0 Å². The van der Waals surface area contributed by atoms with Crippen LogP contribution < -0.4 is 20.1 Å². The normalized spacial score (nSPS) is 20.9. The molecule has 0 radical (unpaired) electrons. The van der Waals surface area contributed by atoms with E-state index in [1.165, 1.54) is 11.1 Å². The summed E-state index contributed by atoms with van der Waals surface area (Å²) in [5, 5.41) is 7.14. The maximum atomic E-state index is 14.4. The van der Waals surface area contributed by atoms with E-state index < -0.39 is 11.6 Å². The summed E-state index contributed by atoms with van der Waals surface area (Å²) in [4.78, 5) is 14.4. The number of ether oxygens (including phenoxy) is 3. The summed E-state index contributed by atoms with van der Waals surface area (Å²) in [6, 6.07) is 32.6. The van der Waals surface area contributed by atoms with Crippen molar-refractivity contribution in [2.75, 3.05) is 40.4 Å². The molecular formula is C46H40Cl4N2O4. The Bertz CT molecular complexity index is 2220. The van der Waals surface area contributed by atoms with Crippen molar-refractivity contribution in [2.45, 2.75) is 30.3 Å². The molecule has 3 aliphatic heterocycles. The molecule has 0 spiro atoms. The van der Waals surface area contributed by atoms with E-state index in [1.54, 1.807) is 14.2 Å². The molecule has 8 rings (SSSR count). The average molecular weight is 827 g/mol. The minimum absolute atomic E-state index is 0.0123. The van der Waals surface area contributed by atoms with Gasteiger partial charge >= 0.3 is 5.97 Å². The van der Waals surface area contributed by atoms with Crippen LogP contribution in [0.4, 0.5) is 0 Å². The molecule has 0 aliphatic carbocycles. The number of hydrogen-bond acceptors (Lipinski definition) is 6. The van der Waals surface area contributed by atoms with Gasteiger partial charge in [-0.2, -0.15) is 0 Å². The van der Waals surface area contributed by atoms with E-state index in [2.05, 4.69) is 47.0 Å². The largest absolute Gasteiger partial charge is 0.497 e. The fraction of sp³-hybridized carbons (Fsp3) is 0.239. The molecule has 3 aliphatic rings. The molecule has 2 N–H and O–H groups in total. The standard InChI is InChI=1S/C46H40Cl4N2O4/c1-54-31-15-11-27(12-16-31)37(35-9-5-3-7-33(35)29-19-21-51-25-29)23-46(40-39(45(53)56-46)41(47)43(49)44(50)42(40)48)24-38(28-13-17-32(55-2)18-14-28)36-10-6-4-8-34(36)30-20-22-52-26-30/h3-18,23-24,29-30,51-52H,19-22,25-26H2,1-2H3. The van der Waals surface area contributed by atoms with Gasteiger partial charge in [0, 0.05) is 18.7 Å². The Kier molecular flexibility index (Phi) is 11.2. The Morgan fingerprint density at radius 3 is 1.52 bits per heavy atom. The fourth-order valence-electron chi connectivity index (χ4n) is 8.33. The molecule has 2 fully saturated rings. The number of carbonyl (C=O) groups is 1. The first-order valence-corrected chi connectivity index (χ1v) is 20.2. The lowest BCUT2D eigenvalue weighted by Gasteiger charge is -2.29. The van der Waals surface area contributed by atoms with Gasteiger partial charge in [-0.05, 0) is 119 Å². The molecule has 0 aromatic heterocycles. The lowest BCUT2D eigenvalue weighted by Crippen LogP contribution is -2.23. The zero-order valence-electron chi connectivity index (χ0n) is 30.9. The van der Waals surface area contributed by atoms with Gasteiger partial charge in [0.1, 0.15) is 11.5 Å². The SMILES string of the molecule is COc1ccc(C(=CC2(C=C(c3ccc(OC)cc3)c3ccccc3C3CCNC3)OC(=O)c3c(Cl)c(Cl)c(Cl)c(Cl)c32)c2ccccc2C2CCNC2)cc1. The third-order valence-electron chi connectivity index (χ3n) is 11.1. The van der Waals surface area contributed by atoms with Gasteiger partial charge in [-0.1, -0.05) is 119 Å². The first-order chi connectivity index (χ1) is 27.2. The quantitative estimate of drug-likeness (QED) is 0.0830. The van der Waals surface area contributed by atoms with E-state index >= 15 is 0 Å².